The maximum absolute atomic E-state index is 12.5. The molecule has 2 fully saturated rings. The summed E-state index contributed by atoms with van der Waals surface area (Å²) in [5.74, 6) is 1.51. The van der Waals surface area contributed by atoms with E-state index in [0.717, 1.165) is 50.1 Å². The zero-order chi connectivity index (χ0) is 19.4. The van der Waals surface area contributed by atoms with Crippen LogP contribution in [0, 0.1) is 23.2 Å². The third-order valence-corrected chi connectivity index (χ3v) is 6.95. The van der Waals surface area contributed by atoms with Gasteiger partial charge in [0.1, 0.15) is 5.01 Å². The largest absolute Gasteiger partial charge is 0.355 e. The lowest BCUT2D eigenvalue weighted by atomic mass is 9.77. The molecule has 0 saturated heterocycles. The number of nitrogens with one attached hydrogen (secondary N) is 2. The Bertz CT molecular complexity index is 626. The van der Waals surface area contributed by atoms with Crippen molar-refractivity contribution in [3.05, 3.63) is 16.6 Å². The van der Waals surface area contributed by atoms with Crippen LogP contribution in [0.2, 0.25) is 0 Å². The highest BCUT2D eigenvalue weighted by Gasteiger charge is 2.34. The molecule has 0 aliphatic heterocycles. The van der Waals surface area contributed by atoms with Gasteiger partial charge in [0.25, 0.3) is 0 Å². The van der Waals surface area contributed by atoms with Gasteiger partial charge in [-0.2, -0.15) is 0 Å². The van der Waals surface area contributed by atoms with Crippen molar-refractivity contribution in [2.24, 2.45) is 23.2 Å². The minimum Gasteiger partial charge on any atom is -0.355 e. The van der Waals surface area contributed by atoms with Gasteiger partial charge in [0.2, 0.25) is 11.8 Å². The quantitative estimate of drug-likeness (QED) is 0.768. The van der Waals surface area contributed by atoms with Gasteiger partial charge in [0.15, 0.2) is 0 Å². The van der Waals surface area contributed by atoms with Crippen molar-refractivity contribution in [3.63, 3.8) is 0 Å². The molecule has 5 nitrogen and oxygen atoms in total. The fourth-order valence-corrected chi connectivity index (χ4v) is 4.72. The number of hydrogen-bond donors (Lipinski definition) is 2. The molecule has 150 valence electrons. The average molecular weight is 392 g/mol. The maximum Gasteiger partial charge on any atom is 0.225 e. The molecule has 2 saturated carbocycles. The highest BCUT2D eigenvalue weighted by atomic mass is 32.1. The molecule has 2 amide bonds. The number of thiazole rings is 1. The fraction of sp³-hybridized carbons (Fsp3) is 0.762. The summed E-state index contributed by atoms with van der Waals surface area (Å²) >= 11 is 1.64. The van der Waals surface area contributed by atoms with Gasteiger partial charge >= 0.3 is 0 Å². The fourth-order valence-electron chi connectivity index (χ4n) is 3.94. The van der Waals surface area contributed by atoms with Crippen molar-refractivity contribution < 1.29 is 9.59 Å². The lowest BCUT2D eigenvalue weighted by molar-refractivity contribution is -0.129. The zero-order valence-corrected chi connectivity index (χ0v) is 17.6. The van der Waals surface area contributed by atoms with Crippen LogP contribution in [-0.4, -0.2) is 23.3 Å². The molecule has 0 aromatic carbocycles. The summed E-state index contributed by atoms with van der Waals surface area (Å²) in [4.78, 5) is 29.1. The lowest BCUT2D eigenvalue weighted by Gasteiger charge is -2.35. The molecule has 0 unspecified atom stereocenters. The molecule has 0 radical (unpaired) electrons. The second kappa shape index (κ2) is 8.72. The molecule has 27 heavy (non-hydrogen) atoms. The Morgan fingerprint density at radius 1 is 1.19 bits per heavy atom. The second-order valence-electron chi connectivity index (χ2n) is 9.23. The molecule has 0 spiro atoms. The van der Waals surface area contributed by atoms with Crippen molar-refractivity contribution in [3.8, 4) is 0 Å². The first kappa shape index (κ1) is 20.3. The third kappa shape index (κ3) is 5.31. The first-order chi connectivity index (χ1) is 12.8. The molecule has 1 aromatic heterocycles. The van der Waals surface area contributed by atoms with Gasteiger partial charge < -0.3 is 10.6 Å². The normalized spacial score (nSPS) is 24.7. The van der Waals surface area contributed by atoms with E-state index in [2.05, 4.69) is 15.6 Å². The van der Waals surface area contributed by atoms with Gasteiger partial charge in [-0.05, 0) is 50.4 Å². The molecule has 2 aliphatic carbocycles. The van der Waals surface area contributed by atoms with Crippen LogP contribution in [0.3, 0.4) is 0 Å². The van der Waals surface area contributed by atoms with E-state index in [-0.39, 0.29) is 29.2 Å². The number of rotatable bonds is 6. The molecular formula is C21H33N3O2S. The Hall–Kier alpha value is -1.43. The van der Waals surface area contributed by atoms with Gasteiger partial charge in [-0.25, -0.2) is 4.98 Å². The molecule has 2 aliphatic rings. The summed E-state index contributed by atoms with van der Waals surface area (Å²) in [6, 6.07) is 0.0446. The van der Waals surface area contributed by atoms with Crippen molar-refractivity contribution >= 4 is 23.2 Å². The average Bonchev–Trinajstić information content (AvgIpc) is 3.10. The van der Waals surface area contributed by atoms with Crippen LogP contribution >= 0.6 is 11.3 Å². The summed E-state index contributed by atoms with van der Waals surface area (Å²) in [5.41, 5.74) is -0.334. The second-order valence-corrected chi connectivity index (χ2v) is 10.2. The standard InChI is InChI=1S/C21H33N3O2S/c1-21(2,3)20(26)23-13-14-7-9-15(10-8-14)17(19-22-11-12-27-19)24-18(25)16-5-4-6-16/h11-12,14-17H,4-10,13H2,1-3H3,(H,23,26)(H,24,25)/t14?,15?,17-/m0/s1. The lowest BCUT2D eigenvalue weighted by Crippen LogP contribution is -2.41. The number of amides is 2. The SMILES string of the molecule is CC(C)(C)C(=O)NCC1CCC([C@H](NC(=O)C2CCC2)c2nccs2)CC1. The Labute approximate surface area is 166 Å². The number of nitrogens with zero attached hydrogens (tertiary/aromatic N) is 1. The van der Waals surface area contributed by atoms with E-state index >= 15 is 0 Å². The summed E-state index contributed by atoms with van der Waals surface area (Å²) in [6.45, 7) is 6.60. The molecule has 6 heteroatoms. The summed E-state index contributed by atoms with van der Waals surface area (Å²) in [6.07, 6.45) is 9.39. The zero-order valence-electron chi connectivity index (χ0n) is 16.8. The maximum atomic E-state index is 12.5. The van der Waals surface area contributed by atoms with Crippen LogP contribution in [0.5, 0.6) is 0 Å². The van der Waals surface area contributed by atoms with E-state index in [1.54, 1.807) is 11.3 Å². The Morgan fingerprint density at radius 2 is 1.89 bits per heavy atom. The van der Waals surface area contributed by atoms with Gasteiger partial charge in [-0.1, -0.05) is 27.2 Å². The number of carbonyl (C=O) groups excluding carboxylic acids is 2. The Balaban J connectivity index is 1.53. The molecular weight excluding hydrogens is 358 g/mol. The van der Waals surface area contributed by atoms with Crippen LogP contribution in [0.15, 0.2) is 11.6 Å². The predicted octanol–water partition coefficient (Wildman–Crippen LogP) is 4.07. The topological polar surface area (TPSA) is 71.1 Å². The molecule has 0 bridgehead atoms. The van der Waals surface area contributed by atoms with Crippen LogP contribution in [-0.2, 0) is 9.59 Å². The van der Waals surface area contributed by atoms with Gasteiger partial charge in [-0.3, -0.25) is 9.59 Å². The van der Waals surface area contributed by atoms with Gasteiger partial charge in [0.05, 0.1) is 6.04 Å². The van der Waals surface area contributed by atoms with E-state index in [0.29, 0.717) is 11.8 Å². The molecule has 1 atom stereocenters. The predicted molar refractivity (Wildman–Crippen MR) is 108 cm³/mol. The molecule has 2 N–H and O–H groups in total. The highest BCUT2D eigenvalue weighted by molar-refractivity contribution is 7.09. The summed E-state index contributed by atoms with van der Waals surface area (Å²) < 4.78 is 0. The van der Waals surface area contributed by atoms with E-state index in [1.807, 2.05) is 32.3 Å². The smallest absolute Gasteiger partial charge is 0.225 e. The van der Waals surface area contributed by atoms with Crippen LogP contribution < -0.4 is 10.6 Å². The van der Waals surface area contributed by atoms with Crippen LogP contribution in [0.1, 0.15) is 76.8 Å². The number of aromatic nitrogens is 1. The molecule has 1 heterocycles. The van der Waals surface area contributed by atoms with E-state index < -0.39 is 0 Å². The molecule has 1 aromatic rings. The minimum absolute atomic E-state index is 0.0446. The van der Waals surface area contributed by atoms with E-state index in [1.165, 1.54) is 6.42 Å². The van der Waals surface area contributed by atoms with E-state index in [9.17, 15) is 9.59 Å². The molecule has 3 rings (SSSR count). The van der Waals surface area contributed by atoms with Crippen LogP contribution in [0.4, 0.5) is 0 Å². The van der Waals surface area contributed by atoms with Crippen molar-refractivity contribution in [1.82, 2.24) is 15.6 Å². The Morgan fingerprint density at radius 3 is 2.41 bits per heavy atom. The number of hydrogen-bond acceptors (Lipinski definition) is 4. The highest BCUT2D eigenvalue weighted by Crippen LogP contribution is 2.38. The van der Waals surface area contributed by atoms with Crippen LogP contribution in [0.25, 0.3) is 0 Å². The Kier molecular flexibility index (Phi) is 6.56. The van der Waals surface area contributed by atoms with Crippen molar-refractivity contribution in [2.75, 3.05) is 6.54 Å². The van der Waals surface area contributed by atoms with Crippen molar-refractivity contribution in [2.45, 2.75) is 71.8 Å². The summed E-state index contributed by atoms with van der Waals surface area (Å²) in [7, 11) is 0. The first-order valence-corrected chi connectivity index (χ1v) is 11.2. The summed E-state index contributed by atoms with van der Waals surface area (Å²) in [5, 5.41) is 9.45. The third-order valence-electron chi connectivity index (χ3n) is 6.09. The number of carbonyl (C=O) groups is 2. The van der Waals surface area contributed by atoms with E-state index in [4.69, 9.17) is 0 Å². The first-order valence-electron chi connectivity index (χ1n) is 10.3. The monoisotopic (exact) mass is 391 g/mol. The van der Waals surface area contributed by atoms with Crippen molar-refractivity contribution in [1.29, 1.82) is 0 Å². The van der Waals surface area contributed by atoms with Gasteiger partial charge in [-0.15, -0.1) is 11.3 Å². The minimum atomic E-state index is -0.334. The van der Waals surface area contributed by atoms with Gasteiger partial charge in [0, 0.05) is 29.5 Å².